The third-order valence-electron chi connectivity index (χ3n) is 20.7. The third kappa shape index (κ3) is 16.5. The molecule has 8 amide bonds. The van der Waals surface area contributed by atoms with Crippen molar-refractivity contribution >= 4 is 100 Å². The van der Waals surface area contributed by atoms with Gasteiger partial charge in [0.2, 0.25) is 35.4 Å². The van der Waals surface area contributed by atoms with Gasteiger partial charge in [-0.2, -0.15) is 0 Å². The fourth-order valence-corrected chi connectivity index (χ4v) is 17.2. The van der Waals surface area contributed by atoms with Gasteiger partial charge in [-0.05, 0) is 99.4 Å². The van der Waals surface area contributed by atoms with Crippen LogP contribution in [0.4, 0.5) is 11.4 Å². The molecule has 0 spiro atoms. The predicted octanol–water partition coefficient (Wildman–Crippen LogP) is 9.68. The van der Waals surface area contributed by atoms with Gasteiger partial charge >= 0.3 is 0 Å². The molecule has 562 valence electrons. The first kappa shape index (κ1) is 75.0. The summed E-state index contributed by atoms with van der Waals surface area (Å²) in [6.07, 6.45) is 9.08. The minimum atomic E-state index is -4.47. The summed E-state index contributed by atoms with van der Waals surface area (Å²) in [6.45, 7) is 2.97. The highest BCUT2D eigenvalue weighted by Gasteiger charge is 2.63. The van der Waals surface area contributed by atoms with Crippen molar-refractivity contribution in [1.29, 1.82) is 0 Å². The number of ether oxygens (including phenoxy) is 4. The Morgan fingerprint density at radius 2 is 0.963 bits per heavy atom. The summed E-state index contributed by atoms with van der Waals surface area (Å²) in [5.74, 6) is -2.77. The van der Waals surface area contributed by atoms with E-state index in [9.17, 15) is 55.2 Å². The first-order chi connectivity index (χ1) is 51.9. The minimum absolute atomic E-state index is 0.0485. The number of hydrogen-bond acceptors (Lipinski definition) is 18. The normalized spacial score (nSPS) is 24.3. The van der Waals surface area contributed by atoms with E-state index in [0.717, 1.165) is 41.2 Å². The number of pyridine rings is 2. The number of methoxy groups -OCH3 is 2. The summed E-state index contributed by atoms with van der Waals surface area (Å²) in [7, 11) is -5.76. The molecule has 4 aliphatic heterocycles. The van der Waals surface area contributed by atoms with Crippen LogP contribution in [0.1, 0.15) is 104 Å². The van der Waals surface area contributed by atoms with Gasteiger partial charge in [0.15, 0.2) is 0 Å². The molecule has 8 atom stereocenters. The predicted molar refractivity (Wildman–Crippen MR) is 402 cm³/mol. The van der Waals surface area contributed by atoms with E-state index in [4.69, 9.17) is 28.9 Å². The number of carbonyl (C=O) groups excluding carboxylic acids is 8. The first-order valence-corrected chi connectivity index (χ1v) is 39.1. The van der Waals surface area contributed by atoms with Crippen LogP contribution in [0.2, 0.25) is 0 Å². The number of fused-ring (bicyclic) bond motifs is 6. The standard InChI is InChI=1S/C40H43N5O8S.C40H41N5O8S/c2*1-25(46)45-24-29(53-35-22-32(26-12-6-5-7-13-26)41-33-20-28(52-2)18-19-30(33)35)21-34(45)38(48)43-40-23-27(40)14-8-3-4-9-17-37(47)42-31-15-10-11-16-36(31)54(50,51)44-39(40)49/h5-7,10-13,15-16,18-20,22,27,29,34H,3-4,8-9,14,17,21,23-24H2,1-2H3,(H,42,47)(H,43,48)(H,44,49);5-8,10-16,18-20,22,27,29,34H,3-4,9,17,21,23-24H2,1-2H3,(H,42,47)(H,43,48)(H,44,49)/b;14-8+/t2*27-,29-,34+,40-/m11/s1. The van der Waals surface area contributed by atoms with Crippen LogP contribution < -0.4 is 49.7 Å². The second-order valence-electron chi connectivity index (χ2n) is 28.1. The van der Waals surface area contributed by atoms with Crippen molar-refractivity contribution in [2.24, 2.45) is 11.8 Å². The smallest absolute Gasteiger partial charge is 0.266 e. The summed E-state index contributed by atoms with van der Waals surface area (Å²) >= 11 is 0. The summed E-state index contributed by atoms with van der Waals surface area (Å²) in [5, 5.41) is 12.5. The third-order valence-corrected chi connectivity index (χ3v) is 23.5. The van der Waals surface area contributed by atoms with Gasteiger partial charge in [0.1, 0.15) is 68.2 Å². The molecule has 2 aliphatic carbocycles. The van der Waals surface area contributed by atoms with Gasteiger partial charge in [0.05, 0.1) is 61.1 Å². The maximum Gasteiger partial charge on any atom is 0.266 e. The lowest BCUT2D eigenvalue weighted by atomic mass is 10.0. The molecular formula is C80H84N10O16S2. The van der Waals surface area contributed by atoms with Crippen molar-refractivity contribution in [3.63, 3.8) is 0 Å². The Morgan fingerprint density at radius 3 is 1.44 bits per heavy atom. The maximum atomic E-state index is 14.2. The van der Waals surface area contributed by atoms with Crippen molar-refractivity contribution in [2.75, 3.05) is 37.9 Å². The monoisotopic (exact) mass is 1500 g/mol. The number of sulfonamides is 2. The summed E-state index contributed by atoms with van der Waals surface area (Å²) < 4.78 is 82.8. The molecule has 2 aromatic heterocycles. The molecule has 2 saturated carbocycles. The van der Waals surface area contributed by atoms with Crippen LogP contribution >= 0.6 is 0 Å². The topological polar surface area (TPSA) is 346 Å². The van der Waals surface area contributed by atoms with E-state index < -0.39 is 85.0 Å². The van der Waals surface area contributed by atoms with E-state index in [1.54, 1.807) is 38.5 Å². The van der Waals surface area contributed by atoms with Crippen molar-refractivity contribution < 1.29 is 74.1 Å². The number of nitrogens with one attached hydrogen (secondary N) is 6. The van der Waals surface area contributed by atoms with Crippen LogP contribution in [0.5, 0.6) is 23.0 Å². The number of amides is 8. The average molecular weight is 1510 g/mol. The Bertz CT molecular complexity index is 5100. The molecule has 26 nitrogen and oxygen atoms in total. The molecule has 14 rings (SSSR count). The van der Waals surface area contributed by atoms with E-state index >= 15 is 0 Å². The minimum Gasteiger partial charge on any atom is -0.497 e. The molecule has 8 aromatic rings. The molecule has 0 radical (unpaired) electrons. The molecule has 4 fully saturated rings. The van der Waals surface area contributed by atoms with Crippen LogP contribution in [0.3, 0.4) is 0 Å². The number of anilines is 2. The lowest BCUT2D eigenvalue weighted by Crippen LogP contribution is -2.56. The molecule has 0 bridgehead atoms. The highest BCUT2D eigenvalue weighted by atomic mass is 32.2. The number of carbonyl (C=O) groups is 8. The Hall–Kier alpha value is -11.3. The van der Waals surface area contributed by atoms with Crippen molar-refractivity contribution in [2.45, 2.75) is 149 Å². The zero-order chi connectivity index (χ0) is 76.1. The highest BCUT2D eigenvalue weighted by molar-refractivity contribution is 7.90. The van der Waals surface area contributed by atoms with Crippen molar-refractivity contribution in [3.05, 3.63) is 170 Å². The second kappa shape index (κ2) is 31.7. The molecule has 0 unspecified atom stereocenters. The van der Waals surface area contributed by atoms with Crippen LogP contribution in [0.15, 0.2) is 180 Å². The van der Waals surface area contributed by atoms with Gasteiger partial charge in [-0.25, -0.2) is 36.2 Å². The number of nitrogens with zero attached hydrogens (tertiary/aromatic N) is 4. The number of allylic oxidation sites excluding steroid dienone is 1. The fourth-order valence-electron chi connectivity index (χ4n) is 14.8. The van der Waals surface area contributed by atoms with Gasteiger partial charge in [-0.1, -0.05) is 116 Å². The average Bonchev–Trinajstić information content (AvgIpc) is 1.57. The number of para-hydroxylation sites is 2. The van der Waals surface area contributed by atoms with Gasteiger partial charge in [0.25, 0.3) is 31.9 Å². The number of likely N-dealkylation sites (tertiary alicyclic amines) is 2. The van der Waals surface area contributed by atoms with E-state index in [0.29, 0.717) is 77.5 Å². The largest absolute Gasteiger partial charge is 0.497 e. The van der Waals surface area contributed by atoms with Crippen LogP contribution in [0.25, 0.3) is 44.3 Å². The molecule has 6 heterocycles. The SMILES string of the molecule is COc1ccc2c(O[C@@H]3C[C@@H](C(=O)N[C@]45C[C@H]4/C=C/CCCCC(=O)Nc4ccccc4S(=O)(=O)NC5=O)N(C(C)=O)C3)cc(-c3ccccc3)nc2c1.COc1ccc2c(O[C@@H]3C[C@@H](C(=O)N[C@]45C[C@H]4CCCCCCC(=O)Nc4ccccc4S(=O)(=O)NC5=O)N(C(C)=O)C3)cc(-c3ccccc3)nc2c1. The van der Waals surface area contributed by atoms with Crippen molar-refractivity contribution in [3.8, 4) is 45.5 Å². The Kier molecular flexibility index (Phi) is 22.0. The molecular weight excluding hydrogens is 1420 g/mol. The van der Waals surface area contributed by atoms with Crippen molar-refractivity contribution in [1.82, 2.24) is 39.8 Å². The zero-order valence-corrected chi connectivity index (χ0v) is 61.7. The lowest BCUT2D eigenvalue weighted by molar-refractivity contribution is -0.138. The van der Waals surface area contributed by atoms with Crippen LogP contribution in [-0.4, -0.2) is 147 Å². The Labute approximate surface area is 625 Å². The van der Waals surface area contributed by atoms with E-state index in [1.807, 2.05) is 109 Å². The molecule has 6 aliphatic rings. The summed E-state index contributed by atoms with van der Waals surface area (Å²) in [6, 6.07) is 43.7. The zero-order valence-electron chi connectivity index (χ0n) is 60.1. The van der Waals surface area contributed by atoms with Crippen LogP contribution in [-0.2, 0) is 58.4 Å². The highest BCUT2D eigenvalue weighted by Crippen LogP contribution is 2.49. The lowest BCUT2D eigenvalue weighted by Gasteiger charge is -2.26. The summed E-state index contributed by atoms with van der Waals surface area (Å²) in [4.78, 5) is 119. The molecule has 6 aromatic carbocycles. The van der Waals surface area contributed by atoms with Gasteiger partial charge in [-0.3, -0.25) is 38.4 Å². The number of hydrogen-bond donors (Lipinski definition) is 6. The first-order valence-electron chi connectivity index (χ1n) is 36.1. The van der Waals surface area contributed by atoms with E-state index in [2.05, 4.69) is 30.7 Å². The van der Waals surface area contributed by atoms with Gasteiger partial charge in [-0.15, -0.1) is 0 Å². The van der Waals surface area contributed by atoms with E-state index in [-0.39, 0.29) is 102 Å². The number of rotatable bonds is 12. The fraction of sp³-hybridized carbons (Fsp3) is 0.350. The quantitative estimate of drug-likeness (QED) is 0.0620. The summed E-state index contributed by atoms with van der Waals surface area (Å²) in [5.41, 5.74) is 1.44. The Balaban J connectivity index is 0.000000190. The molecule has 108 heavy (non-hydrogen) atoms. The Morgan fingerprint density at radius 1 is 0.519 bits per heavy atom. The molecule has 2 saturated heterocycles. The van der Waals surface area contributed by atoms with Gasteiger partial charge in [0, 0.05) is 91.6 Å². The number of benzene rings is 6. The van der Waals surface area contributed by atoms with E-state index in [1.165, 1.54) is 60.0 Å². The molecule has 6 N–H and O–H groups in total. The maximum absolute atomic E-state index is 14.2. The molecule has 28 heteroatoms. The van der Waals surface area contributed by atoms with Gasteiger partial charge < -0.3 is 50.0 Å². The van der Waals surface area contributed by atoms with Crippen LogP contribution in [0, 0.1) is 11.8 Å². The second-order valence-corrected chi connectivity index (χ2v) is 31.4. The number of aromatic nitrogens is 2.